The molecular formula is C15H20Fe. The van der Waals surface area contributed by atoms with Crippen LogP contribution in [0, 0.1) is 0 Å². The van der Waals surface area contributed by atoms with Crippen LogP contribution in [-0.4, -0.2) is 0 Å². The fraction of sp³-hybridized carbons (Fsp3) is 1.00. The van der Waals surface area contributed by atoms with E-state index in [9.17, 15) is 0 Å². The molecule has 0 amide bonds. The van der Waals surface area contributed by atoms with E-state index in [0.717, 1.165) is 21.6 Å². The van der Waals surface area contributed by atoms with Crippen LogP contribution in [-0.2, 0) is 6.51 Å². The molecule has 1 spiro atoms. The van der Waals surface area contributed by atoms with Crippen LogP contribution in [0.4, 0.5) is 0 Å². The van der Waals surface area contributed by atoms with Crippen LogP contribution in [0.15, 0.2) is 0 Å². The molecule has 10 rings (SSSR count). The number of rotatable bonds is 0. The molecule has 1 heteroatoms. The average Bonchev–Trinajstić information content (AvgIpc) is 3.18. The molecule has 0 N–H and O–H groups in total. The van der Waals surface area contributed by atoms with E-state index in [-0.39, 0.29) is 0 Å². The third kappa shape index (κ3) is 0.0368. The average molecular weight is 256 g/mol. The molecule has 10 aliphatic heterocycles. The van der Waals surface area contributed by atoms with E-state index in [4.69, 9.17) is 0 Å². The van der Waals surface area contributed by atoms with Crippen LogP contribution in [0.25, 0.3) is 0 Å². The van der Waals surface area contributed by atoms with Crippen molar-refractivity contribution in [2.45, 2.75) is 80.3 Å². The second kappa shape index (κ2) is 0.399. The van der Waals surface area contributed by atoms with Gasteiger partial charge in [0.1, 0.15) is 0 Å². The topological polar surface area (TPSA) is 0 Å². The first kappa shape index (κ1) is 6.11. The third-order valence-corrected chi connectivity index (χ3v) is 70.0. The Bertz CT molecular complexity index is 989. The standard InChI is InChI=1S/C8H11.C7H9.Fe/c1-6-4-5-7(2)8(6)3;1-6-4-3-5-7(6)2;/h4-5H,1-3H3;3-5H,1-2H3;. The molecule has 16 heavy (non-hydrogen) atoms. The molecule has 10 aliphatic rings. The van der Waals surface area contributed by atoms with Crippen molar-refractivity contribution in [3.8, 4) is 0 Å². The second-order valence-corrected chi connectivity index (χ2v) is 35.4. The van der Waals surface area contributed by atoms with Crippen molar-refractivity contribution >= 4 is 0 Å². The summed E-state index contributed by atoms with van der Waals surface area (Å²) in [7, 11) is 0. The monoisotopic (exact) mass is 256 g/mol. The van der Waals surface area contributed by atoms with Crippen molar-refractivity contribution in [3.63, 3.8) is 0 Å². The van der Waals surface area contributed by atoms with Crippen molar-refractivity contribution in [2.24, 2.45) is 0 Å². The van der Waals surface area contributed by atoms with Crippen LogP contribution in [0.2, 0.25) is 45.6 Å². The Morgan fingerprint density at radius 1 is 0.625 bits per heavy atom. The summed E-state index contributed by atoms with van der Waals surface area (Å²) in [6.07, 6.45) is 0. The summed E-state index contributed by atoms with van der Waals surface area (Å²) in [5.74, 6) is 0. The van der Waals surface area contributed by atoms with Crippen LogP contribution < -0.4 is 0 Å². The molecule has 0 saturated carbocycles. The van der Waals surface area contributed by atoms with Gasteiger partial charge in [0, 0.05) is 0 Å². The molecule has 0 bridgehead atoms. The SMILES string of the molecule is C[C]12[CH]3[CH]4[CH]5[C]1(C)[Fe]43521678[CH]2[CH]1[C]6(C)[C]7(C)[C]28C. The van der Waals surface area contributed by atoms with E-state index in [0.29, 0.717) is 0 Å². The molecule has 0 aromatic carbocycles. The summed E-state index contributed by atoms with van der Waals surface area (Å²) in [6.45, 7) is 11.1. The predicted molar refractivity (Wildman–Crippen MR) is 60.6 cm³/mol. The van der Waals surface area contributed by atoms with Crippen LogP contribution in [0.3, 0.4) is 0 Å². The zero-order valence-corrected chi connectivity index (χ0v) is 11.8. The van der Waals surface area contributed by atoms with Crippen molar-refractivity contribution < 1.29 is 6.51 Å². The quantitative estimate of drug-likeness (QED) is 0.514. The van der Waals surface area contributed by atoms with E-state index >= 15 is 0 Å². The first-order valence-corrected chi connectivity index (χ1v) is 13.3. The number of hydrogen-bond donors (Lipinski definition) is 0. The van der Waals surface area contributed by atoms with Crippen molar-refractivity contribution in [3.05, 3.63) is 0 Å². The van der Waals surface area contributed by atoms with Gasteiger partial charge in [-0.05, 0) is 0 Å². The van der Waals surface area contributed by atoms with Gasteiger partial charge in [-0.3, -0.25) is 0 Å². The van der Waals surface area contributed by atoms with Gasteiger partial charge in [-0.25, -0.2) is 0 Å². The molecule has 0 nitrogen and oxygen atoms in total. The van der Waals surface area contributed by atoms with Crippen LogP contribution in [0.1, 0.15) is 34.6 Å². The molecule has 0 aromatic heterocycles. The molecule has 8 atom stereocenters. The Labute approximate surface area is 86.8 Å². The molecule has 10 fully saturated rings. The minimum absolute atomic E-state index is 0.993. The van der Waals surface area contributed by atoms with Gasteiger partial charge in [0.25, 0.3) is 0 Å². The Kier molecular flexibility index (Phi) is 0.152. The van der Waals surface area contributed by atoms with Crippen LogP contribution >= 0.6 is 0 Å². The normalized spacial score (nSPS) is 145. The maximum absolute atomic E-state index is 3.12. The molecule has 0 aromatic rings. The van der Waals surface area contributed by atoms with Gasteiger partial charge in [0.15, 0.2) is 0 Å². The van der Waals surface area contributed by atoms with Gasteiger partial charge in [-0.2, -0.15) is 0 Å². The van der Waals surface area contributed by atoms with E-state index in [1.54, 1.807) is 0 Å². The second-order valence-electron chi connectivity index (χ2n) is 11.8. The van der Waals surface area contributed by atoms with Gasteiger partial charge in [-0.15, -0.1) is 0 Å². The first-order valence-electron chi connectivity index (χ1n) is 7.31. The first-order chi connectivity index (χ1) is 7.11. The summed E-state index contributed by atoms with van der Waals surface area (Å²) in [6, 6.07) is 0. The fourth-order valence-electron chi connectivity index (χ4n) is 23.2. The van der Waals surface area contributed by atoms with Gasteiger partial charge in [0.2, 0.25) is 0 Å². The fourth-order valence-corrected chi connectivity index (χ4v) is 111. The predicted octanol–water partition coefficient (Wildman–Crippen LogP) is 5.33. The van der Waals surface area contributed by atoms with Crippen molar-refractivity contribution in [1.82, 2.24) is 0 Å². The van der Waals surface area contributed by atoms with E-state index in [2.05, 4.69) is 34.6 Å². The van der Waals surface area contributed by atoms with E-state index in [1.807, 2.05) is 0 Å². The van der Waals surface area contributed by atoms with E-state index in [1.165, 1.54) is 24.1 Å². The summed E-state index contributed by atoms with van der Waals surface area (Å²) >= 11 is 0. The third-order valence-electron chi connectivity index (χ3n) is 19.3. The molecular weight excluding hydrogens is 236 g/mol. The van der Waals surface area contributed by atoms with E-state index < -0.39 is 6.51 Å². The maximum atomic E-state index is 2.85. The van der Waals surface area contributed by atoms with Gasteiger partial charge in [0.05, 0.1) is 0 Å². The number of fused-ring (bicyclic) bond motifs is 10. The summed E-state index contributed by atoms with van der Waals surface area (Å²) in [5, 5.41) is 0. The number of hydrogen-bond acceptors (Lipinski definition) is 0. The van der Waals surface area contributed by atoms with Gasteiger partial charge >= 0.3 is 86.8 Å². The van der Waals surface area contributed by atoms with Crippen molar-refractivity contribution in [1.29, 1.82) is 0 Å². The van der Waals surface area contributed by atoms with Crippen molar-refractivity contribution in [2.75, 3.05) is 0 Å². The molecule has 88 valence electrons. The Morgan fingerprint density at radius 3 is 1.06 bits per heavy atom. The zero-order valence-electron chi connectivity index (χ0n) is 10.7. The van der Waals surface area contributed by atoms with Gasteiger partial charge in [-0.1, -0.05) is 0 Å². The molecule has 0 aliphatic carbocycles. The minimum atomic E-state index is -3.12. The molecule has 10 saturated heterocycles. The zero-order chi connectivity index (χ0) is 10.7. The summed E-state index contributed by atoms with van der Waals surface area (Å²) in [4.78, 5) is 7.06. The molecule has 10 heterocycles. The molecule has 0 radical (unpaired) electrons. The van der Waals surface area contributed by atoms with Gasteiger partial charge < -0.3 is 0 Å². The Morgan fingerprint density at radius 2 is 1.06 bits per heavy atom. The Balaban J connectivity index is 2.01. The Hall–Kier alpha value is 0.519. The summed E-state index contributed by atoms with van der Waals surface area (Å²) < 4.78 is 5.07. The summed E-state index contributed by atoms with van der Waals surface area (Å²) in [5.41, 5.74) is 0. The van der Waals surface area contributed by atoms with Crippen LogP contribution in [0.5, 0.6) is 0 Å². The molecule has 8 unspecified atom stereocenters.